The van der Waals surface area contributed by atoms with Crippen molar-refractivity contribution in [1.82, 2.24) is 5.32 Å². The van der Waals surface area contributed by atoms with Crippen LogP contribution in [0.2, 0.25) is 0 Å². The lowest BCUT2D eigenvalue weighted by Crippen LogP contribution is -2.37. The van der Waals surface area contributed by atoms with Crippen LogP contribution < -0.4 is 5.32 Å². The molecule has 0 bridgehead atoms. The first-order chi connectivity index (χ1) is 6.86. The monoisotopic (exact) mass is 194 g/mol. The molecule has 1 aliphatic carbocycles. The first kappa shape index (κ1) is 11.5. The second-order valence-electron chi connectivity index (χ2n) is 4.33. The molecule has 2 nitrogen and oxygen atoms in total. The Bertz CT molecular complexity index is 175. The van der Waals surface area contributed by atoms with Crippen molar-refractivity contribution in [2.75, 3.05) is 0 Å². The van der Waals surface area contributed by atoms with E-state index in [1.54, 1.807) is 0 Å². The summed E-state index contributed by atoms with van der Waals surface area (Å²) in [6.07, 6.45) is 10.0. The van der Waals surface area contributed by atoms with Crippen LogP contribution in [0.25, 0.3) is 0 Å². The molecule has 0 aliphatic heterocycles. The van der Waals surface area contributed by atoms with Gasteiger partial charge in [-0.05, 0) is 19.3 Å². The number of nitrogens with zero attached hydrogens (tertiary/aromatic N) is 1. The maximum Gasteiger partial charge on any atom is 0.0955 e. The predicted molar refractivity (Wildman–Crippen MR) is 58.9 cm³/mol. The van der Waals surface area contributed by atoms with Crippen molar-refractivity contribution in [3.63, 3.8) is 0 Å². The second-order valence-corrected chi connectivity index (χ2v) is 4.33. The van der Waals surface area contributed by atoms with Crippen molar-refractivity contribution in [3.05, 3.63) is 0 Å². The van der Waals surface area contributed by atoms with Crippen molar-refractivity contribution in [1.29, 1.82) is 5.26 Å². The molecule has 0 radical (unpaired) electrons. The molecule has 0 aromatic heterocycles. The standard InChI is InChI=1S/C12H22N2/c1-2-7-12(10-13)14-11-8-5-3-4-6-9-11/h11-12,14H,2-9H2,1H3. The van der Waals surface area contributed by atoms with Gasteiger partial charge in [-0.1, -0.05) is 39.0 Å². The Balaban J connectivity index is 2.29. The van der Waals surface area contributed by atoms with E-state index in [1.165, 1.54) is 38.5 Å². The van der Waals surface area contributed by atoms with Crippen molar-refractivity contribution >= 4 is 0 Å². The van der Waals surface area contributed by atoms with E-state index >= 15 is 0 Å². The molecule has 2 heteroatoms. The van der Waals surface area contributed by atoms with E-state index in [4.69, 9.17) is 5.26 Å². The summed E-state index contributed by atoms with van der Waals surface area (Å²) >= 11 is 0. The highest BCUT2D eigenvalue weighted by molar-refractivity contribution is 4.91. The molecular weight excluding hydrogens is 172 g/mol. The van der Waals surface area contributed by atoms with Crippen LogP contribution in [0.5, 0.6) is 0 Å². The van der Waals surface area contributed by atoms with Gasteiger partial charge in [-0.3, -0.25) is 5.32 Å². The zero-order chi connectivity index (χ0) is 10.2. The minimum Gasteiger partial charge on any atom is -0.299 e. The van der Waals surface area contributed by atoms with Gasteiger partial charge in [0, 0.05) is 6.04 Å². The first-order valence-corrected chi connectivity index (χ1v) is 6.02. The molecule has 1 N–H and O–H groups in total. The largest absolute Gasteiger partial charge is 0.299 e. The summed E-state index contributed by atoms with van der Waals surface area (Å²) in [4.78, 5) is 0. The Morgan fingerprint density at radius 3 is 2.43 bits per heavy atom. The van der Waals surface area contributed by atoms with Gasteiger partial charge in [-0.2, -0.15) is 5.26 Å². The van der Waals surface area contributed by atoms with Crippen LogP contribution in [0.3, 0.4) is 0 Å². The molecule has 1 unspecified atom stereocenters. The summed E-state index contributed by atoms with van der Waals surface area (Å²) in [6.45, 7) is 2.14. The lowest BCUT2D eigenvalue weighted by Gasteiger charge is -2.19. The summed E-state index contributed by atoms with van der Waals surface area (Å²) in [5.41, 5.74) is 0. The topological polar surface area (TPSA) is 35.8 Å². The van der Waals surface area contributed by atoms with Gasteiger partial charge < -0.3 is 0 Å². The van der Waals surface area contributed by atoms with Crippen LogP contribution in [0.15, 0.2) is 0 Å². The van der Waals surface area contributed by atoms with Gasteiger partial charge in [0.15, 0.2) is 0 Å². The molecule has 0 spiro atoms. The zero-order valence-electron chi connectivity index (χ0n) is 9.26. The fourth-order valence-corrected chi connectivity index (χ4v) is 2.20. The second kappa shape index (κ2) is 6.84. The van der Waals surface area contributed by atoms with E-state index in [0.717, 1.165) is 12.8 Å². The fourth-order valence-electron chi connectivity index (χ4n) is 2.20. The van der Waals surface area contributed by atoms with E-state index in [2.05, 4.69) is 18.3 Å². The van der Waals surface area contributed by atoms with E-state index in [1.807, 2.05) is 0 Å². The molecule has 0 saturated heterocycles. The van der Waals surface area contributed by atoms with Crippen molar-refractivity contribution in [2.45, 2.75) is 70.4 Å². The highest BCUT2D eigenvalue weighted by Gasteiger charge is 2.15. The minimum absolute atomic E-state index is 0.0862. The first-order valence-electron chi connectivity index (χ1n) is 6.02. The molecule has 14 heavy (non-hydrogen) atoms. The Kier molecular flexibility index (Phi) is 5.63. The molecular formula is C12H22N2. The molecule has 1 atom stereocenters. The lowest BCUT2D eigenvalue weighted by molar-refractivity contribution is 0.417. The molecule has 1 aliphatic rings. The zero-order valence-corrected chi connectivity index (χ0v) is 9.26. The SMILES string of the molecule is CCCC(C#N)NC1CCCCCC1. The molecule has 0 heterocycles. The molecule has 80 valence electrons. The van der Waals surface area contributed by atoms with Crippen molar-refractivity contribution < 1.29 is 0 Å². The minimum atomic E-state index is 0.0862. The fraction of sp³-hybridized carbons (Fsp3) is 0.917. The number of hydrogen-bond donors (Lipinski definition) is 1. The summed E-state index contributed by atoms with van der Waals surface area (Å²) < 4.78 is 0. The van der Waals surface area contributed by atoms with Gasteiger partial charge in [0.1, 0.15) is 0 Å². The summed E-state index contributed by atoms with van der Waals surface area (Å²) in [5.74, 6) is 0. The Hall–Kier alpha value is -0.550. The predicted octanol–water partition coefficient (Wildman–Crippen LogP) is 2.99. The molecule has 0 aromatic rings. The van der Waals surface area contributed by atoms with Crippen molar-refractivity contribution in [3.8, 4) is 6.07 Å². The van der Waals surface area contributed by atoms with Gasteiger partial charge in [0.2, 0.25) is 0 Å². The third-order valence-electron chi connectivity index (χ3n) is 3.03. The van der Waals surface area contributed by atoms with Crippen LogP contribution in [0.1, 0.15) is 58.3 Å². The molecule has 1 rings (SSSR count). The molecule has 0 aromatic carbocycles. The summed E-state index contributed by atoms with van der Waals surface area (Å²) in [6, 6.07) is 3.05. The van der Waals surface area contributed by atoms with Crippen molar-refractivity contribution in [2.24, 2.45) is 0 Å². The molecule has 0 amide bonds. The van der Waals surface area contributed by atoms with Crippen LogP contribution >= 0.6 is 0 Å². The van der Waals surface area contributed by atoms with Gasteiger partial charge in [-0.15, -0.1) is 0 Å². The van der Waals surface area contributed by atoms with E-state index in [9.17, 15) is 0 Å². The Labute approximate surface area is 87.7 Å². The maximum atomic E-state index is 8.95. The maximum absolute atomic E-state index is 8.95. The number of rotatable bonds is 4. The molecule has 1 saturated carbocycles. The van der Waals surface area contributed by atoms with Crippen LogP contribution in [0.4, 0.5) is 0 Å². The van der Waals surface area contributed by atoms with Gasteiger partial charge in [-0.25, -0.2) is 0 Å². The number of nitriles is 1. The van der Waals surface area contributed by atoms with Crippen LogP contribution in [-0.2, 0) is 0 Å². The van der Waals surface area contributed by atoms with E-state index in [-0.39, 0.29) is 6.04 Å². The molecule has 1 fully saturated rings. The average molecular weight is 194 g/mol. The van der Waals surface area contributed by atoms with Crippen LogP contribution in [-0.4, -0.2) is 12.1 Å². The summed E-state index contributed by atoms with van der Waals surface area (Å²) in [7, 11) is 0. The smallest absolute Gasteiger partial charge is 0.0955 e. The highest BCUT2D eigenvalue weighted by Crippen LogP contribution is 2.17. The third kappa shape index (κ3) is 4.11. The van der Waals surface area contributed by atoms with Gasteiger partial charge in [0.05, 0.1) is 12.1 Å². The number of nitrogens with one attached hydrogen (secondary N) is 1. The van der Waals surface area contributed by atoms with Gasteiger partial charge >= 0.3 is 0 Å². The number of hydrogen-bond acceptors (Lipinski definition) is 2. The normalized spacial score (nSPS) is 21.1. The van der Waals surface area contributed by atoms with E-state index in [0.29, 0.717) is 6.04 Å². The van der Waals surface area contributed by atoms with E-state index < -0.39 is 0 Å². The highest BCUT2D eigenvalue weighted by atomic mass is 14.9. The summed E-state index contributed by atoms with van der Waals surface area (Å²) in [5, 5.41) is 12.4. The Morgan fingerprint density at radius 2 is 1.93 bits per heavy atom. The van der Waals surface area contributed by atoms with Gasteiger partial charge in [0.25, 0.3) is 0 Å². The quantitative estimate of drug-likeness (QED) is 0.698. The van der Waals surface area contributed by atoms with Crippen LogP contribution in [0, 0.1) is 11.3 Å². The average Bonchev–Trinajstić information content (AvgIpc) is 2.45. The third-order valence-corrected chi connectivity index (χ3v) is 3.03. The lowest BCUT2D eigenvalue weighted by atomic mass is 10.1. The Morgan fingerprint density at radius 1 is 1.29 bits per heavy atom.